The van der Waals surface area contributed by atoms with Crippen LogP contribution in [0.1, 0.15) is 67.2 Å². The van der Waals surface area contributed by atoms with Gasteiger partial charge in [-0.1, -0.05) is 6.07 Å². The van der Waals surface area contributed by atoms with Crippen molar-refractivity contribution < 1.29 is 9.47 Å². The van der Waals surface area contributed by atoms with Gasteiger partial charge in [0.05, 0.1) is 5.69 Å². The number of rotatable bonds is 3. The quantitative estimate of drug-likeness (QED) is 0.750. The SMILES string of the molecule is C[C@H]1Oc2ccc(C3CCN(C4CNC4)CC3)cc2Nc2nccc(C3CCOCC3)c21. The molecular formula is C26H34N4O2. The van der Waals surface area contributed by atoms with Crippen molar-refractivity contribution in [3.63, 3.8) is 0 Å². The highest BCUT2D eigenvalue weighted by Gasteiger charge is 2.31. The lowest BCUT2D eigenvalue weighted by Gasteiger charge is -2.42. The standard InChI is InChI=1S/C26H34N4O2/c1-17-25-22(19-7-12-31-13-8-19)4-9-28-26(25)29-23-14-20(2-3-24(23)32-17)18-5-10-30(11-6-18)21-15-27-16-21/h2-4,9,14,17-19,21,27H,5-8,10-13,15-16H2,1H3,(H,28,29)/t17-/m1/s1. The topological polar surface area (TPSA) is 58.7 Å². The van der Waals surface area contributed by atoms with Gasteiger partial charge < -0.3 is 20.1 Å². The van der Waals surface area contributed by atoms with Crippen molar-refractivity contribution in [3.05, 3.63) is 47.2 Å². The predicted molar refractivity (Wildman–Crippen MR) is 126 cm³/mol. The minimum atomic E-state index is -0.0320. The Morgan fingerprint density at radius 1 is 1.00 bits per heavy atom. The fourth-order valence-electron chi connectivity index (χ4n) is 5.89. The monoisotopic (exact) mass is 434 g/mol. The van der Waals surface area contributed by atoms with Crippen molar-refractivity contribution in [2.24, 2.45) is 0 Å². The average Bonchev–Trinajstić information content (AvgIpc) is 2.94. The van der Waals surface area contributed by atoms with Crippen LogP contribution in [0.2, 0.25) is 0 Å². The summed E-state index contributed by atoms with van der Waals surface area (Å²) in [6.07, 6.45) is 6.51. The summed E-state index contributed by atoms with van der Waals surface area (Å²) in [6, 6.07) is 9.69. The van der Waals surface area contributed by atoms with Crippen LogP contribution in [0.3, 0.4) is 0 Å². The zero-order valence-corrected chi connectivity index (χ0v) is 19.0. The maximum absolute atomic E-state index is 6.48. The second-order valence-corrected chi connectivity index (χ2v) is 9.81. The Labute approximate surface area is 190 Å². The summed E-state index contributed by atoms with van der Waals surface area (Å²) in [5.41, 5.74) is 5.04. The molecule has 1 atom stereocenters. The van der Waals surface area contributed by atoms with Crippen molar-refractivity contribution in [3.8, 4) is 5.75 Å². The van der Waals surface area contributed by atoms with Crippen LogP contribution in [0.5, 0.6) is 5.75 Å². The first-order valence-electron chi connectivity index (χ1n) is 12.3. The molecule has 0 aliphatic carbocycles. The van der Waals surface area contributed by atoms with Gasteiger partial charge >= 0.3 is 0 Å². The van der Waals surface area contributed by atoms with Gasteiger partial charge in [0.2, 0.25) is 0 Å². The minimum Gasteiger partial charge on any atom is -0.484 e. The molecule has 5 heterocycles. The summed E-state index contributed by atoms with van der Waals surface area (Å²) in [6.45, 7) is 8.55. The molecule has 3 saturated heterocycles. The number of ether oxygens (including phenoxy) is 2. The van der Waals surface area contributed by atoms with Crippen molar-refractivity contribution in [2.45, 2.75) is 56.6 Å². The lowest BCUT2D eigenvalue weighted by atomic mass is 9.87. The Kier molecular flexibility index (Phi) is 5.53. The largest absolute Gasteiger partial charge is 0.484 e. The molecule has 32 heavy (non-hydrogen) atoms. The predicted octanol–water partition coefficient (Wildman–Crippen LogP) is 4.32. The summed E-state index contributed by atoms with van der Waals surface area (Å²) >= 11 is 0. The van der Waals surface area contributed by atoms with E-state index in [1.807, 2.05) is 6.20 Å². The average molecular weight is 435 g/mol. The van der Waals surface area contributed by atoms with E-state index >= 15 is 0 Å². The Balaban J connectivity index is 1.24. The molecule has 6 nitrogen and oxygen atoms in total. The number of piperidine rings is 1. The summed E-state index contributed by atoms with van der Waals surface area (Å²) in [4.78, 5) is 7.40. The van der Waals surface area contributed by atoms with Crippen LogP contribution in [0.4, 0.5) is 11.5 Å². The van der Waals surface area contributed by atoms with Crippen molar-refractivity contribution >= 4 is 11.5 Å². The number of nitrogens with one attached hydrogen (secondary N) is 2. The number of likely N-dealkylation sites (tertiary alicyclic amines) is 1. The molecule has 0 unspecified atom stereocenters. The van der Waals surface area contributed by atoms with Gasteiger partial charge in [0, 0.05) is 44.1 Å². The molecule has 3 fully saturated rings. The summed E-state index contributed by atoms with van der Waals surface area (Å²) in [5.74, 6) is 3.01. The van der Waals surface area contributed by atoms with Gasteiger partial charge in [-0.15, -0.1) is 0 Å². The maximum Gasteiger partial charge on any atom is 0.143 e. The first-order valence-corrected chi connectivity index (χ1v) is 12.3. The molecule has 2 aromatic rings. The smallest absolute Gasteiger partial charge is 0.143 e. The molecular weight excluding hydrogens is 400 g/mol. The normalized spacial score (nSPS) is 25.1. The van der Waals surface area contributed by atoms with E-state index in [0.29, 0.717) is 11.8 Å². The van der Waals surface area contributed by atoms with Crippen LogP contribution in [0.15, 0.2) is 30.5 Å². The zero-order valence-electron chi connectivity index (χ0n) is 19.0. The van der Waals surface area contributed by atoms with Gasteiger partial charge in [-0.3, -0.25) is 4.90 Å². The Morgan fingerprint density at radius 3 is 2.56 bits per heavy atom. The van der Waals surface area contributed by atoms with E-state index in [-0.39, 0.29) is 6.10 Å². The molecule has 170 valence electrons. The number of fused-ring (bicyclic) bond motifs is 2. The van der Waals surface area contributed by atoms with Crippen LogP contribution in [-0.2, 0) is 4.74 Å². The van der Waals surface area contributed by atoms with Crippen molar-refractivity contribution in [1.29, 1.82) is 0 Å². The van der Waals surface area contributed by atoms with Crippen LogP contribution in [-0.4, -0.2) is 55.3 Å². The van der Waals surface area contributed by atoms with Gasteiger partial charge in [0.25, 0.3) is 0 Å². The Morgan fingerprint density at radius 2 is 1.81 bits per heavy atom. The van der Waals surface area contributed by atoms with E-state index in [2.05, 4.69) is 46.7 Å². The van der Waals surface area contributed by atoms with Crippen LogP contribution in [0.25, 0.3) is 0 Å². The molecule has 0 radical (unpaired) electrons. The van der Waals surface area contributed by atoms with E-state index < -0.39 is 0 Å². The van der Waals surface area contributed by atoms with Gasteiger partial charge in [-0.05, 0) is 86.9 Å². The van der Waals surface area contributed by atoms with Crippen LogP contribution < -0.4 is 15.4 Å². The van der Waals surface area contributed by atoms with Gasteiger partial charge in [0.1, 0.15) is 17.7 Å². The Hall–Kier alpha value is -2.15. The number of aromatic nitrogens is 1. The van der Waals surface area contributed by atoms with Crippen LogP contribution in [0, 0.1) is 0 Å². The molecule has 6 heteroatoms. The molecule has 4 aliphatic heterocycles. The number of benzene rings is 1. The molecule has 2 N–H and O–H groups in total. The third-order valence-corrected chi connectivity index (χ3v) is 7.93. The Bertz CT molecular complexity index is 962. The first-order chi connectivity index (χ1) is 15.8. The summed E-state index contributed by atoms with van der Waals surface area (Å²) < 4.78 is 12.1. The van der Waals surface area contributed by atoms with E-state index in [9.17, 15) is 0 Å². The number of hydrogen-bond donors (Lipinski definition) is 2. The van der Waals surface area contributed by atoms with Gasteiger partial charge in [0.15, 0.2) is 0 Å². The number of hydrogen-bond acceptors (Lipinski definition) is 6. The van der Waals surface area contributed by atoms with E-state index in [4.69, 9.17) is 14.5 Å². The highest BCUT2D eigenvalue weighted by Crippen LogP contribution is 2.44. The molecule has 4 aliphatic rings. The maximum atomic E-state index is 6.48. The van der Waals surface area contributed by atoms with Crippen molar-refractivity contribution in [2.75, 3.05) is 44.7 Å². The number of pyridine rings is 1. The summed E-state index contributed by atoms with van der Waals surface area (Å²) in [7, 11) is 0. The number of anilines is 2. The van der Waals surface area contributed by atoms with E-state index in [0.717, 1.165) is 62.4 Å². The third-order valence-electron chi connectivity index (χ3n) is 7.93. The van der Waals surface area contributed by atoms with Gasteiger partial charge in [-0.2, -0.15) is 0 Å². The highest BCUT2D eigenvalue weighted by atomic mass is 16.5. The molecule has 6 rings (SSSR count). The fraction of sp³-hybridized carbons (Fsp3) is 0.577. The number of nitrogens with zero attached hydrogens (tertiary/aromatic N) is 2. The second-order valence-electron chi connectivity index (χ2n) is 9.81. The molecule has 0 spiro atoms. The third kappa shape index (κ3) is 3.78. The highest BCUT2D eigenvalue weighted by molar-refractivity contribution is 5.70. The molecule has 1 aromatic carbocycles. The molecule has 0 amide bonds. The molecule has 0 bridgehead atoms. The lowest BCUT2D eigenvalue weighted by Crippen LogP contribution is -2.58. The van der Waals surface area contributed by atoms with E-state index in [1.165, 1.54) is 42.6 Å². The molecule has 0 saturated carbocycles. The second kappa shape index (κ2) is 8.65. The summed E-state index contributed by atoms with van der Waals surface area (Å²) in [5, 5.41) is 7.05. The van der Waals surface area contributed by atoms with Gasteiger partial charge in [-0.25, -0.2) is 4.98 Å². The van der Waals surface area contributed by atoms with Crippen molar-refractivity contribution in [1.82, 2.24) is 15.2 Å². The molecule has 1 aromatic heterocycles. The van der Waals surface area contributed by atoms with E-state index in [1.54, 1.807) is 0 Å². The zero-order chi connectivity index (χ0) is 21.5. The lowest BCUT2D eigenvalue weighted by molar-refractivity contribution is 0.0846. The van der Waals surface area contributed by atoms with Crippen LogP contribution >= 0.6 is 0 Å². The minimum absolute atomic E-state index is 0.0320. The first kappa shape index (κ1) is 20.5. The fourth-order valence-corrected chi connectivity index (χ4v) is 5.89.